The molecule has 2 aliphatic rings. The van der Waals surface area contributed by atoms with Crippen molar-refractivity contribution in [2.45, 2.75) is 27.2 Å². The lowest BCUT2D eigenvalue weighted by Crippen LogP contribution is -2.25. The van der Waals surface area contributed by atoms with E-state index in [4.69, 9.17) is 23.2 Å². The van der Waals surface area contributed by atoms with Crippen LogP contribution in [0.2, 0.25) is 10.3 Å². The standard InChI is InChI=1S/C16H16Cl2N2O2/c1-7(12-10(21)6-9-13(12)16(9,2)3)19-15(22)8-4-5-11(17)20-14(8)18/h4-5,9,13H,6H2,1-3H3,(H,19,22)/b12-7+/t9-,13-/m1/s1. The normalized spacial score (nSPS) is 27.4. The van der Waals surface area contributed by atoms with Gasteiger partial charge in [0, 0.05) is 17.7 Å². The van der Waals surface area contributed by atoms with Crippen LogP contribution >= 0.6 is 23.2 Å². The summed E-state index contributed by atoms with van der Waals surface area (Å²) in [5.41, 5.74) is 1.75. The lowest BCUT2D eigenvalue weighted by atomic mass is 9.95. The number of halogens is 2. The Hall–Kier alpha value is -1.39. The van der Waals surface area contributed by atoms with E-state index in [0.717, 1.165) is 5.57 Å². The van der Waals surface area contributed by atoms with Gasteiger partial charge in [-0.05, 0) is 36.3 Å². The fraction of sp³-hybridized carbons (Fsp3) is 0.438. The van der Waals surface area contributed by atoms with Gasteiger partial charge in [0.2, 0.25) is 0 Å². The Labute approximate surface area is 138 Å². The summed E-state index contributed by atoms with van der Waals surface area (Å²) in [6, 6.07) is 3.02. The van der Waals surface area contributed by atoms with E-state index >= 15 is 0 Å². The molecule has 2 saturated carbocycles. The molecule has 3 rings (SSSR count). The predicted octanol–water partition coefficient (Wildman–Crippen LogP) is 3.64. The molecule has 1 aromatic heterocycles. The molecule has 22 heavy (non-hydrogen) atoms. The molecular weight excluding hydrogens is 323 g/mol. The third-order valence-electron chi connectivity index (χ3n) is 4.83. The summed E-state index contributed by atoms with van der Waals surface area (Å²) in [7, 11) is 0. The van der Waals surface area contributed by atoms with Crippen molar-refractivity contribution in [2.75, 3.05) is 0 Å². The molecule has 0 unspecified atom stereocenters. The average Bonchev–Trinajstić information content (AvgIpc) is 2.78. The van der Waals surface area contributed by atoms with Crippen molar-refractivity contribution in [3.8, 4) is 0 Å². The number of rotatable bonds is 2. The lowest BCUT2D eigenvalue weighted by molar-refractivity contribution is -0.115. The van der Waals surface area contributed by atoms with Gasteiger partial charge >= 0.3 is 0 Å². The van der Waals surface area contributed by atoms with Crippen LogP contribution < -0.4 is 5.32 Å². The van der Waals surface area contributed by atoms with Crippen LogP contribution in [-0.4, -0.2) is 16.7 Å². The van der Waals surface area contributed by atoms with Gasteiger partial charge in [0.1, 0.15) is 10.3 Å². The number of nitrogens with one attached hydrogen (secondary N) is 1. The zero-order chi connectivity index (χ0) is 16.2. The van der Waals surface area contributed by atoms with Crippen molar-refractivity contribution in [3.05, 3.63) is 39.3 Å². The third kappa shape index (κ3) is 2.34. The van der Waals surface area contributed by atoms with E-state index in [9.17, 15) is 9.59 Å². The van der Waals surface area contributed by atoms with Gasteiger partial charge in [0.15, 0.2) is 5.78 Å². The fourth-order valence-electron chi connectivity index (χ4n) is 3.51. The van der Waals surface area contributed by atoms with E-state index < -0.39 is 0 Å². The minimum Gasteiger partial charge on any atom is -0.325 e. The Balaban J connectivity index is 1.85. The number of Topliss-reactive ketones (excluding diaryl/α,β-unsaturated/α-hetero) is 1. The van der Waals surface area contributed by atoms with Gasteiger partial charge in [-0.3, -0.25) is 9.59 Å². The van der Waals surface area contributed by atoms with E-state index in [0.29, 0.717) is 18.0 Å². The molecule has 0 aromatic carbocycles. The highest BCUT2D eigenvalue weighted by molar-refractivity contribution is 6.34. The Morgan fingerprint density at radius 1 is 1.36 bits per heavy atom. The van der Waals surface area contributed by atoms with Crippen molar-refractivity contribution in [2.24, 2.45) is 17.3 Å². The summed E-state index contributed by atoms with van der Waals surface area (Å²) in [5.74, 6) is 0.406. The molecule has 2 atom stereocenters. The Morgan fingerprint density at radius 3 is 2.64 bits per heavy atom. The number of nitrogens with zero attached hydrogens (tertiary/aromatic N) is 1. The van der Waals surface area contributed by atoms with Gasteiger partial charge < -0.3 is 5.32 Å². The van der Waals surface area contributed by atoms with Gasteiger partial charge in [-0.25, -0.2) is 4.98 Å². The summed E-state index contributed by atoms with van der Waals surface area (Å²) in [6.45, 7) is 6.08. The van der Waals surface area contributed by atoms with Crippen LogP contribution in [0, 0.1) is 17.3 Å². The van der Waals surface area contributed by atoms with E-state index in [1.807, 2.05) is 0 Å². The van der Waals surface area contributed by atoms with Crippen LogP contribution in [0.3, 0.4) is 0 Å². The van der Waals surface area contributed by atoms with Gasteiger partial charge in [0.25, 0.3) is 5.91 Å². The van der Waals surface area contributed by atoms with Crippen LogP contribution in [0.15, 0.2) is 23.4 Å². The largest absolute Gasteiger partial charge is 0.325 e. The molecular formula is C16H16Cl2N2O2. The quantitative estimate of drug-likeness (QED) is 0.661. The van der Waals surface area contributed by atoms with Crippen molar-refractivity contribution in [1.29, 1.82) is 0 Å². The summed E-state index contributed by atoms with van der Waals surface area (Å²) < 4.78 is 0. The fourth-order valence-corrected chi connectivity index (χ4v) is 3.94. The molecule has 1 amide bonds. The second-order valence-corrected chi connectivity index (χ2v) is 7.24. The second-order valence-electron chi connectivity index (χ2n) is 6.50. The first-order valence-electron chi connectivity index (χ1n) is 7.11. The first-order chi connectivity index (χ1) is 10.2. The van der Waals surface area contributed by atoms with E-state index in [1.165, 1.54) is 12.1 Å². The molecule has 0 radical (unpaired) electrons. The monoisotopic (exact) mass is 338 g/mol. The molecule has 2 aliphatic carbocycles. The first kappa shape index (κ1) is 15.5. The molecule has 1 heterocycles. The Kier molecular flexibility index (Phi) is 3.57. The van der Waals surface area contributed by atoms with Crippen molar-refractivity contribution in [1.82, 2.24) is 10.3 Å². The molecule has 116 valence electrons. The number of allylic oxidation sites excluding steroid dienone is 2. The summed E-state index contributed by atoms with van der Waals surface area (Å²) >= 11 is 11.7. The van der Waals surface area contributed by atoms with Crippen LogP contribution in [0.4, 0.5) is 0 Å². The van der Waals surface area contributed by atoms with Crippen molar-refractivity contribution in [3.63, 3.8) is 0 Å². The number of carbonyl (C=O) groups is 2. The average molecular weight is 339 g/mol. The molecule has 1 aromatic rings. The van der Waals surface area contributed by atoms with Crippen LogP contribution in [0.25, 0.3) is 0 Å². The molecule has 0 spiro atoms. The molecule has 6 heteroatoms. The maximum Gasteiger partial charge on any atom is 0.258 e. The Bertz CT molecular complexity index is 725. The van der Waals surface area contributed by atoms with Crippen LogP contribution in [0.1, 0.15) is 37.6 Å². The number of amides is 1. The minimum absolute atomic E-state index is 0.0465. The number of ketones is 1. The number of pyridine rings is 1. The third-order valence-corrected chi connectivity index (χ3v) is 5.33. The van der Waals surface area contributed by atoms with Crippen LogP contribution in [-0.2, 0) is 4.79 Å². The summed E-state index contributed by atoms with van der Waals surface area (Å²) in [5, 5.41) is 3.05. The number of hydrogen-bond acceptors (Lipinski definition) is 3. The van der Waals surface area contributed by atoms with Crippen molar-refractivity contribution < 1.29 is 9.59 Å². The van der Waals surface area contributed by atoms with Gasteiger partial charge in [-0.15, -0.1) is 0 Å². The predicted molar refractivity (Wildman–Crippen MR) is 84.8 cm³/mol. The molecule has 4 nitrogen and oxygen atoms in total. The highest BCUT2D eigenvalue weighted by Gasteiger charge is 2.65. The summed E-state index contributed by atoms with van der Waals surface area (Å²) in [4.78, 5) is 28.3. The van der Waals surface area contributed by atoms with Crippen LogP contribution in [0.5, 0.6) is 0 Å². The van der Waals surface area contributed by atoms with Gasteiger partial charge in [-0.2, -0.15) is 0 Å². The van der Waals surface area contributed by atoms with E-state index in [1.54, 1.807) is 6.92 Å². The number of fused-ring (bicyclic) bond motifs is 1. The first-order valence-corrected chi connectivity index (χ1v) is 7.86. The highest BCUT2D eigenvalue weighted by Crippen LogP contribution is 2.68. The van der Waals surface area contributed by atoms with E-state index in [2.05, 4.69) is 24.1 Å². The van der Waals surface area contributed by atoms with Gasteiger partial charge in [0.05, 0.1) is 5.56 Å². The SMILES string of the molecule is C/C(NC(=O)c1ccc(Cl)nc1Cl)=C1/C(=O)C[C@@H]2[C@H]1C2(C)C. The number of aromatic nitrogens is 1. The smallest absolute Gasteiger partial charge is 0.258 e. The van der Waals surface area contributed by atoms with E-state index in [-0.39, 0.29) is 38.9 Å². The minimum atomic E-state index is -0.381. The zero-order valence-corrected chi connectivity index (χ0v) is 14.0. The Morgan fingerprint density at radius 2 is 2.05 bits per heavy atom. The van der Waals surface area contributed by atoms with Gasteiger partial charge in [-0.1, -0.05) is 37.0 Å². The maximum absolute atomic E-state index is 12.3. The highest BCUT2D eigenvalue weighted by atomic mass is 35.5. The molecule has 0 saturated heterocycles. The zero-order valence-electron chi connectivity index (χ0n) is 12.5. The molecule has 0 bridgehead atoms. The molecule has 1 N–H and O–H groups in total. The summed E-state index contributed by atoms with van der Waals surface area (Å²) in [6.07, 6.45) is 0.573. The van der Waals surface area contributed by atoms with Crippen molar-refractivity contribution >= 4 is 34.9 Å². The second kappa shape index (κ2) is 5.07. The number of carbonyl (C=O) groups excluding carboxylic acids is 2. The molecule has 0 aliphatic heterocycles. The maximum atomic E-state index is 12.3. The molecule has 2 fully saturated rings. The number of hydrogen-bond donors (Lipinski definition) is 1. The topological polar surface area (TPSA) is 59.1 Å². The lowest BCUT2D eigenvalue weighted by Gasteiger charge is -2.14.